The van der Waals surface area contributed by atoms with E-state index in [1.54, 1.807) is 11.3 Å². The molecule has 66 valence electrons. The number of ether oxygens (including phenoxy) is 1. The van der Waals surface area contributed by atoms with E-state index >= 15 is 0 Å². The minimum atomic E-state index is 0.0658. The Hall–Kier alpha value is 0.0600. The summed E-state index contributed by atoms with van der Waals surface area (Å²) in [5.41, 5.74) is 0.762. The smallest absolute Gasteiger partial charge is 0.189 e. The second-order valence-corrected chi connectivity index (χ2v) is 5.01. The SMILES string of the molecule is CCOCC(=O)c1csc(I)c1. The second kappa shape index (κ2) is 4.94. The minimum absolute atomic E-state index is 0.0658. The maximum Gasteiger partial charge on any atom is 0.189 e. The van der Waals surface area contributed by atoms with E-state index in [0.717, 1.165) is 8.45 Å². The lowest BCUT2D eigenvalue weighted by atomic mass is 10.2. The van der Waals surface area contributed by atoms with Gasteiger partial charge in [-0.15, -0.1) is 11.3 Å². The molecule has 0 unspecified atom stereocenters. The van der Waals surface area contributed by atoms with Crippen LogP contribution in [0.25, 0.3) is 0 Å². The normalized spacial score (nSPS) is 10.2. The first-order valence-electron chi connectivity index (χ1n) is 3.59. The third kappa shape index (κ3) is 2.84. The molecule has 0 aromatic carbocycles. The van der Waals surface area contributed by atoms with Gasteiger partial charge in [0.05, 0.1) is 2.88 Å². The average molecular weight is 296 g/mol. The van der Waals surface area contributed by atoms with Crippen LogP contribution in [0.3, 0.4) is 0 Å². The topological polar surface area (TPSA) is 26.3 Å². The van der Waals surface area contributed by atoms with Gasteiger partial charge in [-0.1, -0.05) is 0 Å². The lowest BCUT2D eigenvalue weighted by molar-refractivity contribution is 0.0784. The standard InChI is InChI=1S/C8H9IO2S/c1-2-11-4-7(10)6-3-8(9)12-5-6/h3,5H,2,4H2,1H3. The molecular weight excluding hydrogens is 287 g/mol. The molecule has 1 heterocycles. The molecule has 1 aromatic heterocycles. The van der Waals surface area contributed by atoms with Gasteiger partial charge in [0.15, 0.2) is 5.78 Å². The van der Waals surface area contributed by atoms with E-state index in [2.05, 4.69) is 22.6 Å². The van der Waals surface area contributed by atoms with Gasteiger partial charge in [-0.05, 0) is 35.6 Å². The molecular formula is C8H9IO2S. The lowest BCUT2D eigenvalue weighted by Gasteiger charge is -1.96. The summed E-state index contributed by atoms with van der Waals surface area (Å²) < 4.78 is 6.14. The Bertz CT molecular complexity index is 270. The highest BCUT2D eigenvalue weighted by molar-refractivity contribution is 14.1. The van der Waals surface area contributed by atoms with Gasteiger partial charge in [0, 0.05) is 17.6 Å². The van der Waals surface area contributed by atoms with E-state index in [9.17, 15) is 4.79 Å². The van der Waals surface area contributed by atoms with Gasteiger partial charge in [-0.2, -0.15) is 0 Å². The van der Waals surface area contributed by atoms with Crippen molar-refractivity contribution in [3.63, 3.8) is 0 Å². The molecule has 2 nitrogen and oxygen atoms in total. The van der Waals surface area contributed by atoms with E-state index in [-0.39, 0.29) is 12.4 Å². The van der Waals surface area contributed by atoms with Crippen molar-refractivity contribution < 1.29 is 9.53 Å². The van der Waals surface area contributed by atoms with Crippen LogP contribution in [0.4, 0.5) is 0 Å². The van der Waals surface area contributed by atoms with Crippen molar-refractivity contribution in [3.8, 4) is 0 Å². The van der Waals surface area contributed by atoms with Crippen molar-refractivity contribution in [2.75, 3.05) is 13.2 Å². The van der Waals surface area contributed by atoms with Crippen molar-refractivity contribution in [3.05, 3.63) is 19.9 Å². The summed E-state index contributed by atoms with van der Waals surface area (Å²) in [5, 5.41) is 1.86. The molecule has 0 spiro atoms. The number of hydrogen-bond acceptors (Lipinski definition) is 3. The fraction of sp³-hybridized carbons (Fsp3) is 0.375. The Balaban J connectivity index is 2.53. The number of ketones is 1. The van der Waals surface area contributed by atoms with Gasteiger partial charge in [0.1, 0.15) is 6.61 Å². The van der Waals surface area contributed by atoms with Gasteiger partial charge in [-0.3, -0.25) is 4.79 Å². The highest BCUT2D eigenvalue weighted by Gasteiger charge is 2.06. The first-order chi connectivity index (χ1) is 5.74. The van der Waals surface area contributed by atoms with Crippen LogP contribution in [0.2, 0.25) is 0 Å². The Labute approximate surface area is 89.1 Å². The van der Waals surface area contributed by atoms with E-state index in [1.807, 2.05) is 18.4 Å². The molecule has 0 saturated heterocycles. The van der Waals surface area contributed by atoms with Gasteiger partial charge >= 0.3 is 0 Å². The van der Waals surface area contributed by atoms with Crippen LogP contribution in [0.15, 0.2) is 11.4 Å². The van der Waals surface area contributed by atoms with Crippen molar-refractivity contribution >= 4 is 39.7 Å². The Kier molecular flexibility index (Phi) is 4.17. The molecule has 4 heteroatoms. The predicted molar refractivity (Wildman–Crippen MR) is 57.9 cm³/mol. The number of carbonyl (C=O) groups excluding carboxylic acids is 1. The fourth-order valence-corrected chi connectivity index (χ4v) is 2.09. The lowest BCUT2D eigenvalue weighted by Crippen LogP contribution is -2.07. The van der Waals surface area contributed by atoms with Crippen LogP contribution in [0.5, 0.6) is 0 Å². The zero-order valence-electron chi connectivity index (χ0n) is 6.67. The Morgan fingerprint density at radius 3 is 3.00 bits per heavy atom. The van der Waals surface area contributed by atoms with Gasteiger partial charge in [0.2, 0.25) is 0 Å². The van der Waals surface area contributed by atoms with Gasteiger partial charge < -0.3 is 4.74 Å². The highest BCUT2D eigenvalue weighted by Crippen LogP contribution is 2.16. The van der Waals surface area contributed by atoms with E-state index in [1.165, 1.54) is 0 Å². The van der Waals surface area contributed by atoms with Crippen LogP contribution in [-0.2, 0) is 4.74 Å². The molecule has 1 aromatic rings. The minimum Gasteiger partial charge on any atom is -0.374 e. The molecule has 0 N–H and O–H groups in total. The second-order valence-electron chi connectivity index (χ2n) is 2.20. The van der Waals surface area contributed by atoms with Crippen molar-refractivity contribution in [1.29, 1.82) is 0 Å². The van der Waals surface area contributed by atoms with Gasteiger partial charge in [-0.25, -0.2) is 0 Å². The number of thiophene rings is 1. The van der Waals surface area contributed by atoms with Crippen molar-refractivity contribution in [2.24, 2.45) is 0 Å². The molecule has 0 aliphatic heterocycles. The summed E-state index contributed by atoms with van der Waals surface area (Å²) in [5.74, 6) is 0.0658. The van der Waals surface area contributed by atoms with Crippen LogP contribution in [0, 0.1) is 2.88 Å². The molecule has 0 aliphatic rings. The Morgan fingerprint density at radius 1 is 1.75 bits per heavy atom. The van der Waals surface area contributed by atoms with Gasteiger partial charge in [0.25, 0.3) is 0 Å². The zero-order chi connectivity index (χ0) is 8.97. The van der Waals surface area contributed by atoms with Crippen LogP contribution >= 0.6 is 33.9 Å². The third-order valence-corrected chi connectivity index (χ3v) is 3.12. The first-order valence-corrected chi connectivity index (χ1v) is 5.55. The monoisotopic (exact) mass is 296 g/mol. The molecule has 0 amide bonds. The average Bonchev–Trinajstić information content (AvgIpc) is 2.47. The van der Waals surface area contributed by atoms with Crippen LogP contribution in [0.1, 0.15) is 17.3 Å². The quantitative estimate of drug-likeness (QED) is 0.630. The molecule has 0 bridgehead atoms. The molecule has 0 aliphatic carbocycles. The largest absolute Gasteiger partial charge is 0.374 e. The van der Waals surface area contributed by atoms with Crippen molar-refractivity contribution in [1.82, 2.24) is 0 Å². The predicted octanol–water partition coefficient (Wildman–Crippen LogP) is 2.57. The number of halogens is 1. The molecule has 0 radical (unpaired) electrons. The van der Waals surface area contributed by atoms with Crippen molar-refractivity contribution in [2.45, 2.75) is 6.92 Å². The summed E-state index contributed by atoms with van der Waals surface area (Å²) in [6.07, 6.45) is 0. The molecule has 0 saturated carbocycles. The number of carbonyl (C=O) groups is 1. The number of Topliss-reactive ketones (excluding diaryl/α,β-unsaturated/α-hetero) is 1. The summed E-state index contributed by atoms with van der Waals surface area (Å²) in [6.45, 7) is 2.67. The molecule has 12 heavy (non-hydrogen) atoms. The summed E-state index contributed by atoms with van der Waals surface area (Å²) in [6, 6.07) is 1.88. The summed E-state index contributed by atoms with van der Waals surface area (Å²) >= 11 is 3.77. The number of rotatable bonds is 4. The summed E-state index contributed by atoms with van der Waals surface area (Å²) in [7, 11) is 0. The third-order valence-electron chi connectivity index (χ3n) is 1.33. The van der Waals surface area contributed by atoms with E-state index in [0.29, 0.717) is 6.61 Å². The van der Waals surface area contributed by atoms with E-state index in [4.69, 9.17) is 4.74 Å². The maximum absolute atomic E-state index is 11.3. The first kappa shape index (κ1) is 10.1. The van der Waals surface area contributed by atoms with Crippen LogP contribution in [-0.4, -0.2) is 19.0 Å². The zero-order valence-corrected chi connectivity index (χ0v) is 9.65. The summed E-state index contributed by atoms with van der Waals surface area (Å²) in [4.78, 5) is 11.3. The Morgan fingerprint density at radius 2 is 2.50 bits per heavy atom. The molecule has 0 fully saturated rings. The van der Waals surface area contributed by atoms with E-state index < -0.39 is 0 Å². The highest BCUT2D eigenvalue weighted by atomic mass is 127. The maximum atomic E-state index is 11.3. The fourth-order valence-electron chi connectivity index (χ4n) is 0.734. The number of hydrogen-bond donors (Lipinski definition) is 0. The molecule has 0 atom stereocenters. The van der Waals surface area contributed by atoms with Crippen LogP contribution < -0.4 is 0 Å². The molecule has 1 rings (SSSR count).